The fourth-order valence-corrected chi connectivity index (χ4v) is 1.56. The summed E-state index contributed by atoms with van der Waals surface area (Å²) in [5.74, 6) is -1.06. The number of carboxylic acids is 1. The molecule has 0 aromatic carbocycles. The van der Waals surface area contributed by atoms with Crippen LogP contribution < -0.4 is 0 Å². The minimum Gasteiger partial charge on any atom is -0.479 e. The number of carbonyl (C=O) groups excluding carboxylic acids is 1. The fraction of sp³-hybridized carbons (Fsp3) is 0.818. The van der Waals surface area contributed by atoms with Crippen molar-refractivity contribution in [2.24, 2.45) is 0 Å². The second-order valence-electron chi connectivity index (χ2n) is 5.16. The van der Waals surface area contributed by atoms with E-state index < -0.39 is 23.8 Å². The summed E-state index contributed by atoms with van der Waals surface area (Å²) < 4.78 is 10.4. The van der Waals surface area contributed by atoms with Gasteiger partial charge in [0.1, 0.15) is 5.60 Å². The van der Waals surface area contributed by atoms with E-state index in [1.165, 1.54) is 4.90 Å². The van der Waals surface area contributed by atoms with Gasteiger partial charge in [-0.05, 0) is 27.7 Å². The Morgan fingerprint density at radius 2 is 1.94 bits per heavy atom. The maximum Gasteiger partial charge on any atom is 0.410 e. The highest BCUT2D eigenvalue weighted by atomic mass is 16.6. The molecule has 1 fully saturated rings. The first-order valence-electron chi connectivity index (χ1n) is 5.55. The van der Waals surface area contributed by atoms with E-state index in [9.17, 15) is 9.59 Å². The highest BCUT2D eigenvalue weighted by Crippen LogP contribution is 2.15. The Kier molecular flexibility index (Phi) is 3.98. The van der Waals surface area contributed by atoms with Gasteiger partial charge < -0.3 is 19.5 Å². The van der Waals surface area contributed by atoms with Gasteiger partial charge in [0.05, 0.1) is 19.2 Å². The summed E-state index contributed by atoms with van der Waals surface area (Å²) in [7, 11) is 0. The lowest BCUT2D eigenvalue weighted by molar-refractivity contribution is -0.161. The zero-order valence-corrected chi connectivity index (χ0v) is 10.6. The van der Waals surface area contributed by atoms with E-state index in [4.69, 9.17) is 14.6 Å². The lowest BCUT2D eigenvalue weighted by Gasteiger charge is -2.35. The zero-order valence-electron chi connectivity index (χ0n) is 10.6. The van der Waals surface area contributed by atoms with Gasteiger partial charge in [-0.2, -0.15) is 0 Å². The Morgan fingerprint density at radius 3 is 2.41 bits per heavy atom. The van der Waals surface area contributed by atoms with Gasteiger partial charge in [0.25, 0.3) is 0 Å². The van der Waals surface area contributed by atoms with Crippen molar-refractivity contribution in [1.82, 2.24) is 4.90 Å². The quantitative estimate of drug-likeness (QED) is 0.748. The lowest BCUT2D eigenvalue weighted by Crippen LogP contribution is -2.52. The van der Waals surface area contributed by atoms with E-state index in [2.05, 4.69) is 0 Å². The third kappa shape index (κ3) is 4.22. The Labute approximate surface area is 100 Å². The van der Waals surface area contributed by atoms with Gasteiger partial charge in [-0.25, -0.2) is 9.59 Å². The highest BCUT2D eigenvalue weighted by molar-refractivity contribution is 5.75. The molecule has 2 atom stereocenters. The topological polar surface area (TPSA) is 76.1 Å². The summed E-state index contributed by atoms with van der Waals surface area (Å²) in [5.41, 5.74) is -0.586. The van der Waals surface area contributed by atoms with Crippen LogP contribution in [-0.2, 0) is 14.3 Å². The minimum atomic E-state index is -1.06. The van der Waals surface area contributed by atoms with Crippen LogP contribution in [0, 0.1) is 0 Å². The molecule has 1 saturated heterocycles. The van der Waals surface area contributed by atoms with Gasteiger partial charge in [0.15, 0.2) is 6.10 Å². The van der Waals surface area contributed by atoms with Gasteiger partial charge >= 0.3 is 12.1 Å². The number of morpholine rings is 1. The average Bonchev–Trinajstić information content (AvgIpc) is 2.13. The molecule has 1 heterocycles. The van der Waals surface area contributed by atoms with Crippen LogP contribution in [0.4, 0.5) is 4.79 Å². The smallest absolute Gasteiger partial charge is 0.410 e. The van der Waals surface area contributed by atoms with Gasteiger partial charge in [0, 0.05) is 0 Å². The summed E-state index contributed by atoms with van der Waals surface area (Å²) in [6.07, 6.45) is -1.79. The van der Waals surface area contributed by atoms with Crippen LogP contribution in [0.1, 0.15) is 27.7 Å². The number of aliphatic carboxylic acids is 1. The van der Waals surface area contributed by atoms with E-state index in [-0.39, 0.29) is 12.6 Å². The van der Waals surface area contributed by atoms with Crippen LogP contribution >= 0.6 is 0 Å². The first-order chi connectivity index (χ1) is 7.69. The molecule has 98 valence electrons. The van der Waals surface area contributed by atoms with Gasteiger partial charge in [-0.3, -0.25) is 0 Å². The van der Waals surface area contributed by atoms with Crippen molar-refractivity contribution < 1.29 is 24.2 Å². The van der Waals surface area contributed by atoms with Crippen LogP contribution in [0.15, 0.2) is 0 Å². The Balaban J connectivity index is 2.64. The molecule has 0 radical (unpaired) electrons. The van der Waals surface area contributed by atoms with Crippen LogP contribution in [-0.4, -0.2) is 53.0 Å². The number of amides is 1. The third-order valence-electron chi connectivity index (χ3n) is 2.19. The number of nitrogens with zero attached hydrogens (tertiary/aromatic N) is 1. The molecule has 0 spiro atoms. The maximum atomic E-state index is 11.8. The van der Waals surface area contributed by atoms with Crippen molar-refractivity contribution in [2.75, 3.05) is 13.1 Å². The maximum absolute atomic E-state index is 11.8. The average molecular weight is 245 g/mol. The number of rotatable bonds is 1. The molecule has 2 unspecified atom stereocenters. The molecule has 1 aliphatic rings. The van der Waals surface area contributed by atoms with Crippen molar-refractivity contribution in [3.63, 3.8) is 0 Å². The molecule has 1 amide bonds. The van der Waals surface area contributed by atoms with Crippen LogP contribution in [0.3, 0.4) is 0 Å². The van der Waals surface area contributed by atoms with Crippen LogP contribution in [0.25, 0.3) is 0 Å². The van der Waals surface area contributed by atoms with Crippen LogP contribution in [0.2, 0.25) is 0 Å². The summed E-state index contributed by atoms with van der Waals surface area (Å²) in [4.78, 5) is 24.0. The predicted octanol–water partition coefficient (Wildman–Crippen LogP) is 1.10. The van der Waals surface area contributed by atoms with E-state index in [0.717, 1.165) is 0 Å². The number of carbonyl (C=O) groups is 2. The summed E-state index contributed by atoms with van der Waals surface area (Å²) in [6, 6.07) is 0. The molecule has 6 heteroatoms. The largest absolute Gasteiger partial charge is 0.479 e. The summed E-state index contributed by atoms with van der Waals surface area (Å²) in [5, 5.41) is 8.88. The molecule has 1 rings (SSSR count). The molecule has 0 saturated carbocycles. The lowest BCUT2D eigenvalue weighted by atomic mass is 10.2. The first-order valence-corrected chi connectivity index (χ1v) is 5.55. The monoisotopic (exact) mass is 245 g/mol. The molecule has 6 nitrogen and oxygen atoms in total. The molecular weight excluding hydrogens is 226 g/mol. The zero-order chi connectivity index (χ0) is 13.2. The molecule has 0 bridgehead atoms. The van der Waals surface area contributed by atoms with Gasteiger partial charge in [-0.1, -0.05) is 0 Å². The second kappa shape index (κ2) is 4.91. The molecule has 0 aromatic heterocycles. The predicted molar refractivity (Wildman–Crippen MR) is 59.8 cm³/mol. The summed E-state index contributed by atoms with van der Waals surface area (Å²) in [6.45, 7) is 7.40. The SMILES string of the molecule is CC1CN(C(=O)OC(C)(C)C)CC(C(=O)O)O1. The standard InChI is InChI=1S/C11H19NO5/c1-7-5-12(6-8(16-7)9(13)14)10(15)17-11(2,3)4/h7-8H,5-6H2,1-4H3,(H,13,14). The highest BCUT2D eigenvalue weighted by Gasteiger charge is 2.34. The number of hydrogen-bond acceptors (Lipinski definition) is 4. The second-order valence-corrected chi connectivity index (χ2v) is 5.16. The van der Waals surface area contributed by atoms with E-state index >= 15 is 0 Å². The Morgan fingerprint density at radius 1 is 1.35 bits per heavy atom. The fourth-order valence-electron chi connectivity index (χ4n) is 1.56. The van der Waals surface area contributed by atoms with Gasteiger partial charge in [0.2, 0.25) is 0 Å². The van der Waals surface area contributed by atoms with Crippen molar-refractivity contribution >= 4 is 12.1 Å². The van der Waals surface area contributed by atoms with E-state index in [1.54, 1.807) is 27.7 Å². The molecule has 17 heavy (non-hydrogen) atoms. The van der Waals surface area contributed by atoms with Crippen molar-refractivity contribution in [3.8, 4) is 0 Å². The number of hydrogen-bond donors (Lipinski definition) is 1. The molecule has 0 aliphatic carbocycles. The normalized spacial score (nSPS) is 25.5. The molecule has 1 N–H and O–H groups in total. The van der Waals surface area contributed by atoms with E-state index in [0.29, 0.717) is 6.54 Å². The number of ether oxygens (including phenoxy) is 2. The van der Waals surface area contributed by atoms with Crippen molar-refractivity contribution in [2.45, 2.75) is 45.5 Å². The molecule has 1 aliphatic heterocycles. The first kappa shape index (κ1) is 13.8. The molecular formula is C11H19NO5. The molecule has 0 aromatic rings. The third-order valence-corrected chi connectivity index (χ3v) is 2.19. The van der Waals surface area contributed by atoms with Gasteiger partial charge in [-0.15, -0.1) is 0 Å². The minimum absolute atomic E-state index is 0.0224. The van der Waals surface area contributed by atoms with Crippen LogP contribution in [0.5, 0.6) is 0 Å². The van der Waals surface area contributed by atoms with E-state index in [1.807, 2.05) is 0 Å². The van der Waals surface area contributed by atoms with Crippen molar-refractivity contribution in [3.05, 3.63) is 0 Å². The number of carboxylic acid groups (broad SMARTS) is 1. The van der Waals surface area contributed by atoms with Crippen molar-refractivity contribution in [1.29, 1.82) is 0 Å². The Bertz CT molecular complexity index is 309. The Hall–Kier alpha value is -1.30. The summed E-state index contributed by atoms with van der Waals surface area (Å²) >= 11 is 0.